The van der Waals surface area contributed by atoms with Crippen LogP contribution in [0.25, 0.3) is 0 Å². The molecule has 5 heteroatoms. The predicted octanol–water partition coefficient (Wildman–Crippen LogP) is 1.13. The minimum absolute atomic E-state index is 0.302. The summed E-state index contributed by atoms with van der Waals surface area (Å²) in [5.74, 6) is 0.920. The average Bonchev–Trinajstić information content (AvgIpc) is 2.40. The minimum Gasteiger partial charge on any atom is -0.312 e. The van der Waals surface area contributed by atoms with Crippen LogP contribution < -0.4 is 5.32 Å². The second-order valence-corrected chi connectivity index (χ2v) is 8.18. The molecule has 2 atom stereocenters. The molecule has 0 aromatic heterocycles. The average molecular weight is 276 g/mol. The van der Waals surface area contributed by atoms with Gasteiger partial charge in [-0.3, -0.25) is 4.90 Å². The van der Waals surface area contributed by atoms with E-state index in [1.54, 1.807) is 0 Å². The van der Waals surface area contributed by atoms with Crippen molar-refractivity contribution in [1.29, 1.82) is 0 Å². The molecule has 0 saturated carbocycles. The lowest BCUT2D eigenvalue weighted by Gasteiger charge is -2.30. The van der Waals surface area contributed by atoms with E-state index in [4.69, 9.17) is 0 Å². The van der Waals surface area contributed by atoms with Gasteiger partial charge in [0.25, 0.3) is 0 Å². The van der Waals surface area contributed by atoms with Crippen LogP contribution in [-0.2, 0) is 9.84 Å². The third kappa shape index (κ3) is 5.67. The van der Waals surface area contributed by atoms with Crippen molar-refractivity contribution in [1.82, 2.24) is 10.2 Å². The van der Waals surface area contributed by atoms with E-state index in [0.29, 0.717) is 23.8 Å². The Morgan fingerprint density at radius 3 is 2.61 bits per heavy atom. The Kier molecular flexibility index (Phi) is 6.08. The first-order valence-corrected chi connectivity index (χ1v) is 9.01. The number of rotatable bonds is 5. The molecule has 0 aliphatic carbocycles. The van der Waals surface area contributed by atoms with E-state index in [9.17, 15) is 8.42 Å². The van der Waals surface area contributed by atoms with Gasteiger partial charge in [-0.05, 0) is 38.8 Å². The summed E-state index contributed by atoms with van der Waals surface area (Å²) in [6.45, 7) is 9.70. The maximum atomic E-state index is 11.2. The fraction of sp³-hybridized carbons (Fsp3) is 1.00. The zero-order valence-electron chi connectivity index (χ0n) is 12.1. The van der Waals surface area contributed by atoms with Gasteiger partial charge >= 0.3 is 0 Å². The smallest absolute Gasteiger partial charge is 0.147 e. The van der Waals surface area contributed by atoms with E-state index in [-0.39, 0.29) is 0 Å². The fourth-order valence-electron chi connectivity index (χ4n) is 2.45. The molecule has 0 amide bonds. The van der Waals surface area contributed by atoms with Gasteiger partial charge in [-0.2, -0.15) is 0 Å². The molecule has 1 fully saturated rings. The van der Waals surface area contributed by atoms with Crippen molar-refractivity contribution in [2.45, 2.75) is 45.7 Å². The van der Waals surface area contributed by atoms with Crippen molar-refractivity contribution in [3.8, 4) is 0 Å². The number of hydrogen-bond acceptors (Lipinski definition) is 4. The third-order valence-electron chi connectivity index (χ3n) is 3.79. The maximum absolute atomic E-state index is 11.2. The molecule has 1 heterocycles. The molecular formula is C13H28N2O2S. The van der Waals surface area contributed by atoms with Gasteiger partial charge in [0.15, 0.2) is 0 Å². The molecule has 1 saturated heterocycles. The minimum atomic E-state index is -2.82. The Bertz CT molecular complexity index is 341. The highest BCUT2D eigenvalue weighted by Crippen LogP contribution is 2.14. The molecule has 1 N–H and O–H groups in total. The molecule has 108 valence electrons. The van der Waals surface area contributed by atoms with Gasteiger partial charge in [-0.1, -0.05) is 13.8 Å². The van der Waals surface area contributed by atoms with Crippen molar-refractivity contribution < 1.29 is 8.42 Å². The normalized spacial score (nSPS) is 27.4. The highest BCUT2D eigenvalue weighted by atomic mass is 32.2. The first-order valence-electron chi connectivity index (χ1n) is 6.95. The number of sulfone groups is 1. The number of nitrogens with zero attached hydrogens (tertiary/aromatic N) is 1. The Morgan fingerprint density at radius 2 is 2.06 bits per heavy atom. The highest BCUT2D eigenvalue weighted by Gasteiger charge is 2.24. The molecule has 4 nitrogen and oxygen atoms in total. The summed E-state index contributed by atoms with van der Waals surface area (Å²) in [5, 5.41) is 3.59. The lowest BCUT2D eigenvalue weighted by Crippen LogP contribution is -2.43. The zero-order valence-corrected chi connectivity index (χ0v) is 13.0. The van der Waals surface area contributed by atoms with Gasteiger partial charge in [-0.15, -0.1) is 0 Å². The molecule has 0 aromatic rings. The van der Waals surface area contributed by atoms with Crippen molar-refractivity contribution in [2.24, 2.45) is 5.92 Å². The first-order chi connectivity index (χ1) is 8.29. The summed E-state index contributed by atoms with van der Waals surface area (Å²) in [4.78, 5) is 2.44. The van der Waals surface area contributed by atoms with Crippen molar-refractivity contribution in [2.75, 3.05) is 31.6 Å². The Labute approximate surface area is 112 Å². The molecule has 1 rings (SSSR count). The Morgan fingerprint density at radius 1 is 1.39 bits per heavy atom. The summed E-state index contributed by atoms with van der Waals surface area (Å²) in [7, 11) is -2.82. The van der Waals surface area contributed by atoms with Crippen LogP contribution in [-0.4, -0.2) is 57.0 Å². The summed E-state index contributed by atoms with van der Waals surface area (Å²) in [6, 6.07) is 1.06. The molecule has 0 spiro atoms. The summed E-state index contributed by atoms with van der Waals surface area (Å²) in [6.07, 6.45) is 3.20. The second kappa shape index (κ2) is 6.87. The van der Waals surface area contributed by atoms with Gasteiger partial charge < -0.3 is 5.32 Å². The van der Waals surface area contributed by atoms with Crippen LogP contribution >= 0.6 is 0 Å². The second-order valence-electron chi connectivity index (χ2n) is 5.92. The molecule has 0 bridgehead atoms. The van der Waals surface area contributed by atoms with Crippen molar-refractivity contribution >= 4 is 9.84 Å². The van der Waals surface area contributed by atoms with E-state index in [2.05, 4.69) is 31.0 Å². The van der Waals surface area contributed by atoms with Gasteiger partial charge in [0.2, 0.25) is 0 Å². The lowest BCUT2D eigenvalue weighted by atomic mass is 10.0. The van der Waals surface area contributed by atoms with E-state index in [0.717, 1.165) is 32.5 Å². The predicted molar refractivity (Wildman–Crippen MR) is 76.6 cm³/mol. The lowest BCUT2D eigenvalue weighted by molar-refractivity contribution is 0.193. The molecule has 2 unspecified atom stereocenters. The SMILES string of the molecule is CC(C)C1CN(CCCS(C)(=O)=O)C(C)CCN1. The van der Waals surface area contributed by atoms with Gasteiger partial charge in [-0.25, -0.2) is 8.42 Å². The van der Waals surface area contributed by atoms with Crippen LogP contribution in [0.15, 0.2) is 0 Å². The quantitative estimate of drug-likeness (QED) is 0.818. The molecule has 0 radical (unpaired) electrons. The van der Waals surface area contributed by atoms with Crippen LogP contribution in [0, 0.1) is 5.92 Å². The van der Waals surface area contributed by atoms with Crippen LogP contribution in [0.2, 0.25) is 0 Å². The maximum Gasteiger partial charge on any atom is 0.147 e. The molecule has 1 aliphatic rings. The van der Waals surface area contributed by atoms with E-state index in [1.165, 1.54) is 6.26 Å². The monoisotopic (exact) mass is 276 g/mol. The molecule has 1 aliphatic heterocycles. The van der Waals surface area contributed by atoms with Gasteiger partial charge in [0, 0.05) is 24.9 Å². The van der Waals surface area contributed by atoms with Crippen molar-refractivity contribution in [3.63, 3.8) is 0 Å². The van der Waals surface area contributed by atoms with Crippen LogP contribution in [0.4, 0.5) is 0 Å². The van der Waals surface area contributed by atoms with Gasteiger partial charge in [0.1, 0.15) is 9.84 Å². The summed E-state index contributed by atoms with van der Waals surface area (Å²) >= 11 is 0. The van der Waals surface area contributed by atoms with Crippen LogP contribution in [0.3, 0.4) is 0 Å². The molecule has 18 heavy (non-hydrogen) atoms. The number of nitrogens with one attached hydrogen (secondary N) is 1. The highest BCUT2D eigenvalue weighted by molar-refractivity contribution is 7.90. The zero-order chi connectivity index (χ0) is 13.8. The largest absolute Gasteiger partial charge is 0.312 e. The van der Waals surface area contributed by atoms with E-state index in [1.807, 2.05) is 0 Å². The number of hydrogen-bond donors (Lipinski definition) is 1. The summed E-state index contributed by atoms with van der Waals surface area (Å²) < 4.78 is 22.3. The summed E-state index contributed by atoms with van der Waals surface area (Å²) in [5.41, 5.74) is 0. The fourth-order valence-corrected chi connectivity index (χ4v) is 3.10. The Balaban J connectivity index is 2.49. The molecule has 0 aromatic carbocycles. The van der Waals surface area contributed by atoms with Crippen molar-refractivity contribution in [3.05, 3.63) is 0 Å². The van der Waals surface area contributed by atoms with Gasteiger partial charge in [0.05, 0.1) is 5.75 Å². The third-order valence-corrected chi connectivity index (χ3v) is 4.82. The van der Waals surface area contributed by atoms with Crippen LogP contribution in [0.1, 0.15) is 33.6 Å². The molecular weight excluding hydrogens is 248 g/mol. The first kappa shape index (κ1) is 15.9. The Hall–Kier alpha value is -0.130. The van der Waals surface area contributed by atoms with E-state index < -0.39 is 9.84 Å². The standard InChI is InChI=1S/C13H28N2O2S/c1-11(2)13-10-15(12(3)6-7-14-13)8-5-9-18(4,16)17/h11-14H,5-10H2,1-4H3. The topological polar surface area (TPSA) is 49.4 Å². The van der Waals surface area contributed by atoms with Crippen LogP contribution in [0.5, 0.6) is 0 Å². The van der Waals surface area contributed by atoms with E-state index >= 15 is 0 Å².